The van der Waals surface area contributed by atoms with Crippen molar-refractivity contribution in [1.29, 1.82) is 5.26 Å². The van der Waals surface area contributed by atoms with Gasteiger partial charge in [-0.3, -0.25) is 9.59 Å². The number of rotatable bonds is 5. The van der Waals surface area contributed by atoms with Gasteiger partial charge < -0.3 is 10.2 Å². The van der Waals surface area contributed by atoms with Crippen LogP contribution >= 0.6 is 0 Å². The average Bonchev–Trinajstić information content (AvgIpc) is 3.05. The molecule has 26 heavy (non-hydrogen) atoms. The van der Waals surface area contributed by atoms with Gasteiger partial charge in [-0.25, -0.2) is 4.39 Å². The topological polar surface area (TPSA) is 73.2 Å². The second-order valence-corrected chi connectivity index (χ2v) is 6.23. The second-order valence-electron chi connectivity index (χ2n) is 6.23. The Kier molecular flexibility index (Phi) is 5.28. The van der Waals surface area contributed by atoms with Crippen LogP contribution in [0.2, 0.25) is 0 Å². The number of hydrogen-bond donors (Lipinski definition) is 1. The van der Waals surface area contributed by atoms with Crippen molar-refractivity contribution in [3.8, 4) is 6.07 Å². The highest BCUT2D eigenvalue weighted by Crippen LogP contribution is 2.25. The van der Waals surface area contributed by atoms with Crippen molar-refractivity contribution in [3.63, 3.8) is 0 Å². The maximum Gasteiger partial charge on any atom is 0.227 e. The normalized spacial score (nSPS) is 16.4. The van der Waals surface area contributed by atoms with Crippen LogP contribution < -0.4 is 10.2 Å². The molecule has 0 radical (unpaired) electrons. The van der Waals surface area contributed by atoms with Gasteiger partial charge in [0.2, 0.25) is 11.8 Å². The lowest BCUT2D eigenvalue weighted by Gasteiger charge is -2.16. The van der Waals surface area contributed by atoms with Crippen LogP contribution in [0.5, 0.6) is 0 Å². The highest BCUT2D eigenvalue weighted by molar-refractivity contribution is 6.00. The van der Waals surface area contributed by atoms with Gasteiger partial charge >= 0.3 is 0 Å². The number of carbonyl (C=O) groups excluding carboxylic acids is 2. The van der Waals surface area contributed by atoms with Crippen molar-refractivity contribution in [1.82, 2.24) is 5.32 Å². The van der Waals surface area contributed by atoms with Crippen LogP contribution in [0.3, 0.4) is 0 Å². The molecule has 2 aromatic carbocycles. The summed E-state index contributed by atoms with van der Waals surface area (Å²) in [6.07, 6.45) is 0.772. The zero-order valence-electron chi connectivity index (χ0n) is 14.1. The van der Waals surface area contributed by atoms with Gasteiger partial charge in [-0.15, -0.1) is 0 Å². The van der Waals surface area contributed by atoms with Crippen molar-refractivity contribution in [2.45, 2.75) is 12.8 Å². The Morgan fingerprint density at radius 3 is 2.54 bits per heavy atom. The zero-order valence-corrected chi connectivity index (χ0v) is 14.1. The maximum absolute atomic E-state index is 12.9. The van der Waals surface area contributed by atoms with Crippen LogP contribution in [-0.2, 0) is 16.0 Å². The Bertz CT molecular complexity index is 841. The fourth-order valence-corrected chi connectivity index (χ4v) is 2.97. The Labute approximate surface area is 151 Å². The minimum absolute atomic E-state index is 0.103. The van der Waals surface area contributed by atoms with E-state index < -0.39 is 5.92 Å². The van der Waals surface area contributed by atoms with E-state index in [1.54, 1.807) is 41.3 Å². The van der Waals surface area contributed by atoms with Gasteiger partial charge in [0.1, 0.15) is 5.82 Å². The van der Waals surface area contributed by atoms with Gasteiger partial charge in [0.05, 0.1) is 17.6 Å². The number of benzene rings is 2. The van der Waals surface area contributed by atoms with Crippen molar-refractivity contribution in [3.05, 3.63) is 65.5 Å². The Hall–Kier alpha value is -3.20. The smallest absolute Gasteiger partial charge is 0.227 e. The Morgan fingerprint density at radius 1 is 1.19 bits per heavy atom. The number of nitrogens with zero attached hydrogens (tertiary/aromatic N) is 2. The van der Waals surface area contributed by atoms with E-state index in [4.69, 9.17) is 5.26 Å². The first-order valence-corrected chi connectivity index (χ1v) is 8.39. The summed E-state index contributed by atoms with van der Waals surface area (Å²) in [6.45, 7) is 0.763. The van der Waals surface area contributed by atoms with Crippen LogP contribution in [0.1, 0.15) is 17.5 Å². The molecular formula is C20H18FN3O2. The van der Waals surface area contributed by atoms with Crippen LogP contribution in [0.25, 0.3) is 0 Å². The van der Waals surface area contributed by atoms with Gasteiger partial charge in [-0.05, 0) is 48.4 Å². The van der Waals surface area contributed by atoms with Crippen molar-refractivity contribution in [2.75, 3.05) is 18.0 Å². The number of nitrogens with one attached hydrogen (secondary N) is 1. The van der Waals surface area contributed by atoms with Crippen LogP contribution in [0.4, 0.5) is 10.1 Å². The molecule has 0 aromatic heterocycles. The van der Waals surface area contributed by atoms with Gasteiger partial charge in [0.25, 0.3) is 0 Å². The quantitative estimate of drug-likeness (QED) is 0.899. The van der Waals surface area contributed by atoms with Crippen LogP contribution in [0, 0.1) is 23.1 Å². The zero-order chi connectivity index (χ0) is 18.5. The largest absolute Gasteiger partial charge is 0.355 e. The first-order chi connectivity index (χ1) is 12.6. The summed E-state index contributed by atoms with van der Waals surface area (Å²) in [6, 6.07) is 14.9. The summed E-state index contributed by atoms with van der Waals surface area (Å²) >= 11 is 0. The van der Waals surface area contributed by atoms with E-state index in [1.807, 2.05) is 6.07 Å². The molecule has 2 aromatic rings. The van der Waals surface area contributed by atoms with Crippen LogP contribution in [-0.4, -0.2) is 24.9 Å². The summed E-state index contributed by atoms with van der Waals surface area (Å²) in [7, 11) is 0. The lowest BCUT2D eigenvalue weighted by Crippen LogP contribution is -2.34. The van der Waals surface area contributed by atoms with Gasteiger partial charge in [-0.2, -0.15) is 5.26 Å². The molecule has 0 spiro atoms. The molecule has 0 aliphatic carbocycles. The third kappa shape index (κ3) is 4.06. The summed E-state index contributed by atoms with van der Waals surface area (Å²) in [5.41, 5.74) is 2.15. The van der Waals surface area contributed by atoms with E-state index in [0.717, 1.165) is 5.56 Å². The highest BCUT2D eigenvalue weighted by atomic mass is 19.1. The number of carbonyl (C=O) groups is 2. The van der Waals surface area contributed by atoms with E-state index >= 15 is 0 Å². The Morgan fingerprint density at radius 2 is 1.88 bits per heavy atom. The summed E-state index contributed by atoms with van der Waals surface area (Å²) in [5.74, 6) is -0.943. The third-order valence-electron chi connectivity index (χ3n) is 4.43. The average molecular weight is 351 g/mol. The summed E-state index contributed by atoms with van der Waals surface area (Å²) < 4.78 is 12.9. The number of hydrogen-bond acceptors (Lipinski definition) is 3. The lowest BCUT2D eigenvalue weighted by atomic mass is 10.1. The monoisotopic (exact) mass is 351 g/mol. The fourth-order valence-electron chi connectivity index (χ4n) is 2.97. The molecule has 0 bridgehead atoms. The van der Waals surface area contributed by atoms with E-state index in [9.17, 15) is 14.0 Å². The number of amides is 2. The molecule has 5 nitrogen and oxygen atoms in total. The van der Waals surface area contributed by atoms with E-state index in [-0.39, 0.29) is 24.1 Å². The molecule has 1 aliphatic heterocycles. The highest BCUT2D eigenvalue weighted by Gasteiger charge is 2.34. The molecule has 1 saturated heterocycles. The van der Waals surface area contributed by atoms with Crippen LogP contribution in [0.15, 0.2) is 48.5 Å². The molecule has 132 valence electrons. The second kappa shape index (κ2) is 7.79. The third-order valence-corrected chi connectivity index (χ3v) is 4.43. The SMILES string of the molecule is N#Cc1ccc(N2CC(C(=O)NCCc3ccc(F)cc3)CC2=O)cc1. The molecule has 1 atom stereocenters. The molecule has 1 aliphatic rings. The summed E-state index contributed by atoms with van der Waals surface area (Å²) in [4.78, 5) is 26.1. The first-order valence-electron chi connectivity index (χ1n) is 8.39. The molecule has 1 fully saturated rings. The first kappa shape index (κ1) is 17.6. The minimum Gasteiger partial charge on any atom is -0.355 e. The molecule has 1 unspecified atom stereocenters. The van der Waals surface area contributed by atoms with Crippen molar-refractivity contribution < 1.29 is 14.0 Å². The molecule has 1 N–H and O–H groups in total. The van der Waals surface area contributed by atoms with Crippen molar-refractivity contribution in [2.24, 2.45) is 5.92 Å². The number of nitriles is 1. The van der Waals surface area contributed by atoms with E-state index in [1.165, 1.54) is 12.1 Å². The molecule has 3 rings (SSSR count). The minimum atomic E-state index is -0.397. The number of anilines is 1. The predicted molar refractivity (Wildman–Crippen MR) is 94.7 cm³/mol. The molecule has 0 saturated carbocycles. The van der Waals surface area contributed by atoms with E-state index in [0.29, 0.717) is 30.8 Å². The molecule has 1 heterocycles. The van der Waals surface area contributed by atoms with Crippen molar-refractivity contribution >= 4 is 17.5 Å². The molecular weight excluding hydrogens is 333 g/mol. The molecule has 6 heteroatoms. The lowest BCUT2D eigenvalue weighted by molar-refractivity contribution is -0.126. The number of halogens is 1. The summed E-state index contributed by atoms with van der Waals surface area (Å²) in [5, 5.41) is 11.7. The fraction of sp³-hybridized carbons (Fsp3) is 0.250. The van der Waals surface area contributed by atoms with Gasteiger partial charge in [0, 0.05) is 25.2 Å². The van der Waals surface area contributed by atoms with Gasteiger partial charge in [-0.1, -0.05) is 12.1 Å². The molecule has 2 amide bonds. The predicted octanol–water partition coefficient (Wildman–Crippen LogP) is 2.41. The standard InChI is InChI=1S/C20H18FN3O2/c21-17-5-1-14(2-6-17)9-10-23-20(26)16-11-19(25)24(13-16)18-7-3-15(12-22)4-8-18/h1-8,16H,9-11,13H2,(H,23,26). The van der Waals surface area contributed by atoms with E-state index in [2.05, 4.69) is 5.32 Å². The maximum atomic E-state index is 12.9. The van der Waals surface area contributed by atoms with Gasteiger partial charge in [0.15, 0.2) is 0 Å². The Balaban J connectivity index is 1.53.